The number of carbonyl (C=O) groups excluding carboxylic acids is 1. The lowest BCUT2D eigenvalue weighted by atomic mass is 10.1. The van der Waals surface area contributed by atoms with Crippen molar-refractivity contribution in [2.24, 2.45) is 0 Å². The van der Waals surface area contributed by atoms with E-state index in [9.17, 15) is 19.5 Å². The zero-order chi connectivity index (χ0) is 30.1. The highest BCUT2D eigenvalue weighted by atomic mass is 19.1. The first-order chi connectivity index (χ1) is 20.1. The summed E-state index contributed by atoms with van der Waals surface area (Å²) in [6.07, 6.45) is 1.28. The van der Waals surface area contributed by atoms with Gasteiger partial charge in [0.25, 0.3) is 0 Å². The number of fused-ring (bicyclic) bond motifs is 1. The van der Waals surface area contributed by atoms with Gasteiger partial charge in [-0.25, -0.2) is 9.18 Å². The van der Waals surface area contributed by atoms with E-state index in [1.165, 1.54) is 20.2 Å². The van der Waals surface area contributed by atoms with Gasteiger partial charge in [-0.2, -0.15) is 0 Å². The molecule has 0 saturated carbocycles. The average molecular weight is 573 g/mol. The standard InChI is InChI=1S/C32H33FN4O5/c1-20(38)22-7-11-23(12-8-22)35-13-15-36(16-14-35)29-27(33)17-25-28(31(29)42-4)37(19-26(30(25)39)32(40)41)24-9-5-21(6-10-24)18-34(2)3/h5-12,17,19H,13-16,18H2,1-4H3,(H,40,41). The number of ketones is 1. The van der Waals surface area contributed by atoms with Crippen LogP contribution in [0.2, 0.25) is 0 Å². The van der Waals surface area contributed by atoms with Crippen molar-refractivity contribution in [1.82, 2.24) is 9.47 Å². The summed E-state index contributed by atoms with van der Waals surface area (Å²) in [7, 11) is 5.35. The van der Waals surface area contributed by atoms with Crippen LogP contribution in [0.25, 0.3) is 16.6 Å². The predicted molar refractivity (Wildman–Crippen MR) is 161 cm³/mol. The molecule has 0 bridgehead atoms. The fourth-order valence-electron chi connectivity index (χ4n) is 5.48. The van der Waals surface area contributed by atoms with Gasteiger partial charge < -0.3 is 29.1 Å². The maximum Gasteiger partial charge on any atom is 0.341 e. The minimum absolute atomic E-state index is 0.00343. The molecule has 1 fully saturated rings. The summed E-state index contributed by atoms with van der Waals surface area (Å²) in [5.74, 6) is -1.89. The smallest absolute Gasteiger partial charge is 0.341 e. The molecule has 1 N–H and O–H groups in total. The summed E-state index contributed by atoms with van der Waals surface area (Å²) < 4.78 is 23.2. The van der Waals surface area contributed by atoms with E-state index in [-0.39, 0.29) is 22.6 Å². The van der Waals surface area contributed by atoms with Gasteiger partial charge in [-0.15, -0.1) is 0 Å². The molecule has 0 unspecified atom stereocenters. The van der Waals surface area contributed by atoms with Crippen molar-refractivity contribution in [1.29, 1.82) is 0 Å². The largest absolute Gasteiger partial charge is 0.492 e. The number of carbonyl (C=O) groups is 2. The molecule has 4 aromatic rings. The summed E-state index contributed by atoms with van der Waals surface area (Å²) in [6, 6.07) is 16.1. The van der Waals surface area contributed by atoms with Crippen LogP contribution in [-0.4, -0.2) is 73.7 Å². The Hall–Kier alpha value is -4.70. The van der Waals surface area contributed by atoms with Gasteiger partial charge in [0.2, 0.25) is 5.43 Å². The molecule has 0 amide bonds. The number of halogens is 1. The zero-order valence-corrected chi connectivity index (χ0v) is 24.1. The van der Waals surface area contributed by atoms with Gasteiger partial charge in [0.15, 0.2) is 17.3 Å². The topological polar surface area (TPSA) is 95.3 Å². The van der Waals surface area contributed by atoms with Crippen LogP contribution < -0.4 is 20.0 Å². The van der Waals surface area contributed by atoms with Crippen molar-refractivity contribution in [3.8, 4) is 11.4 Å². The number of hydrogen-bond donors (Lipinski definition) is 1. The third kappa shape index (κ3) is 5.45. The molecule has 218 valence electrons. The van der Waals surface area contributed by atoms with Crippen LogP contribution in [0, 0.1) is 5.82 Å². The quantitative estimate of drug-likeness (QED) is 0.310. The SMILES string of the molecule is COc1c(N2CCN(c3ccc(C(C)=O)cc3)CC2)c(F)cc2c(=O)c(C(=O)O)cn(-c3ccc(CN(C)C)cc3)c12. The predicted octanol–water partition coefficient (Wildman–Crippen LogP) is 4.43. The zero-order valence-electron chi connectivity index (χ0n) is 24.1. The highest BCUT2D eigenvalue weighted by Crippen LogP contribution is 2.39. The van der Waals surface area contributed by atoms with Gasteiger partial charge in [-0.3, -0.25) is 9.59 Å². The number of rotatable bonds is 8. The Labute approximate surface area is 243 Å². The van der Waals surface area contributed by atoms with Gasteiger partial charge in [0.1, 0.15) is 16.8 Å². The number of ether oxygens (including phenoxy) is 1. The van der Waals surface area contributed by atoms with Gasteiger partial charge in [0.05, 0.1) is 12.5 Å². The van der Waals surface area contributed by atoms with E-state index in [2.05, 4.69) is 4.90 Å². The first-order valence-corrected chi connectivity index (χ1v) is 13.6. The number of Topliss-reactive ketones (excluding diaryl/α,β-unsaturated/α-hetero) is 1. The third-order valence-electron chi connectivity index (χ3n) is 7.55. The highest BCUT2D eigenvalue weighted by molar-refractivity contribution is 5.98. The molecule has 2 heterocycles. The fraction of sp³-hybridized carbons (Fsp3) is 0.281. The van der Waals surface area contributed by atoms with Crippen molar-refractivity contribution in [3.63, 3.8) is 0 Å². The second-order valence-corrected chi connectivity index (χ2v) is 10.7. The van der Waals surface area contributed by atoms with Crippen LogP contribution in [0.4, 0.5) is 15.8 Å². The Morgan fingerprint density at radius 3 is 2.10 bits per heavy atom. The molecule has 3 aromatic carbocycles. The second-order valence-electron chi connectivity index (χ2n) is 10.7. The number of carboxylic acid groups (broad SMARTS) is 1. The summed E-state index contributed by atoms with van der Waals surface area (Å²) >= 11 is 0. The lowest BCUT2D eigenvalue weighted by molar-refractivity contribution is 0.0694. The Kier molecular flexibility index (Phi) is 8.00. The Morgan fingerprint density at radius 2 is 1.55 bits per heavy atom. The van der Waals surface area contributed by atoms with Gasteiger partial charge in [-0.1, -0.05) is 12.1 Å². The fourth-order valence-corrected chi connectivity index (χ4v) is 5.48. The van der Waals surface area contributed by atoms with Crippen molar-refractivity contribution in [2.45, 2.75) is 13.5 Å². The molecular formula is C32H33FN4O5. The van der Waals surface area contributed by atoms with Crippen LogP contribution >= 0.6 is 0 Å². The molecule has 1 saturated heterocycles. The van der Waals surface area contributed by atoms with Crippen LogP contribution in [0.1, 0.15) is 33.2 Å². The van der Waals surface area contributed by atoms with Crippen molar-refractivity contribution in [3.05, 3.63) is 93.5 Å². The van der Waals surface area contributed by atoms with Gasteiger partial charge in [0, 0.05) is 55.9 Å². The molecule has 9 nitrogen and oxygen atoms in total. The number of pyridine rings is 1. The van der Waals surface area contributed by atoms with E-state index in [4.69, 9.17) is 4.74 Å². The monoisotopic (exact) mass is 572 g/mol. The molecular weight excluding hydrogens is 539 g/mol. The normalized spacial score (nSPS) is 13.6. The van der Waals surface area contributed by atoms with Crippen LogP contribution in [0.15, 0.2) is 65.6 Å². The number of methoxy groups -OCH3 is 1. The maximum atomic E-state index is 15.8. The number of anilines is 2. The Morgan fingerprint density at radius 1 is 0.952 bits per heavy atom. The summed E-state index contributed by atoms with van der Waals surface area (Å²) in [6.45, 7) is 4.39. The number of carboxylic acids is 1. The molecule has 0 aliphatic carbocycles. The van der Waals surface area contributed by atoms with Crippen molar-refractivity contribution in [2.75, 3.05) is 57.2 Å². The van der Waals surface area contributed by atoms with Crippen LogP contribution in [-0.2, 0) is 6.54 Å². The van der Waals surface area contributed by atoms with Gasteiger partial charge >= 0.3 is 5.97 Å². The number of benzene rings is 3. The number of hydrogen-bond acceptors (Lipinski definition) is 7. The molecule has 0 radical (unpaired) electrons. The summed E-state index contributed by atoms with van der Waals surface area (Å²) in [4.78, 5) is 43.0. The Balaban J connectivity index is 1.58. The maximum absolute atomic E-state index is 15.8. The first kappa shape index (κ1) is 28.8. The van der Waals surface area contributed by atoms with Crippen LogP contribution in [0.5, 0.6) is 5.75 Å². The molecule has 42 heavy (non-hydrogen) atoms. The lowest BCUT2D eigenvalue weighted by Crippen LogP contribution is -2.47. The van der Waals surface area contributed by atoms with Crippen LogP contribution in [0.3, 0.4) is 0 Å². The molecule has 0 spiro atoms. The number of aromatic nitrogens is 1. The molecule has 1 aromatic heterocycles. The first-order valence-electron chi connectivity index (χ1n) is 13.6. The minimum atomic E-state index is -1.39. The lowest BCUT2D eigenvalue weighted by Gasteiger charge is -2.38. The third-order valence-corrected chi connectivity index (χ3v) is 7.55. The van der Waals surface area contributed by atoms with Crippen molar-refractivity contribution < 1.29 is 23.8 Å². The molecule has 10 heteroatoms. The van der Waals surface area contributed by atoms with E-state index in [1.54, 1.807) is 16.7 Å². The number of aromatic carboxylic acids is 1. The average Bonchev–Trinajstić information content (AvgIpc) is 2.97. The molecule has 1 aliphatic heterocycles. The Bertz CT molecular complexity index is 1710. The van der Waals surface area contributed by atoms with E-state index < -0.39 is 22.8 Å². The van der Waals surface area contributed by atoms with Gasteiger partial charge in [-0.05, 0) is 69.0 Å². The van der Waals surface area contributed by atoms with E-state index in [0.29, 0.717) is 42.9 Å². The second kappa shape index (κ2) is 11.7. The molecule has 0 atom stereocenters. The highest BCUT2D eigenvalue weighted by Gasteiger charge is 2.28. The number of piperazine rings is 1. The minimum Gasteiger partial charge on any atom is -0.492 e. The van der Waals surface area contributed by atoms with Crippen molar-refractivity contribution >= 4 is 34.0 Å². The number of nitrogens with zero attached hydrogens (tertiary/aromatic N) is 4. The molecule has 1 aliphatic rings. The van der Waals surface area contributed by atoms with E-state index in [1.807, 2.05) is 60.3 Å². The summed E-state index contributed by atoms with van der Waals surface area (Å²) in [5, 5.41) is 9.71. The summed E-state index contributed by atoms with van der Waals surface area (Å²) in [5.41, 5.74) is 2.56. The van der Waals surface area contributed by atoms with E-state index in [0.717, 1.165) is 23.9 Å². The van der Waals surface area contributed by atoms with E-state index >= 15 is 4.39 Å². The molecule has 5 rings (SSSR count).